The van der Waals surface area contributed by atoms with Gasteiger partial charge in [0.25, 0.3) is 0 Å². The molecule has 0 rings (SSSR count). The van der Waals surface area contributed by atoms with Gasteiger partial charge in [0.05, 0.1) is 0 Å². The standard InChI is InChI=1S/C9H16N2O/c1-4-5-9(8(3)12)6-7(2)11-10/h5H,4,6,10H2,1-3H3/b9-5+,11-7-. The fraction of sp³-hybridized carbons (Fsp3) is 0.556. The van der Waals surface area contributed by atoms with E-state index in [1.54, 1.807) is 6.92 Å². The Kier molecular flexibility index (Phi) is 5.00. The van der Waals surface area contributed by atoms with E-state index in [-0.39, 0.29) is 5.78 Å². The second kappa shape index (κ2) is 5.52. The second-order valence-electron chi connectivity index (χ2n) is 2.73. The molecule has 3 heteroatoms. The van der Waals surface area contributed by atoms with Crippen molar-refractivity contribution in [1.29, 1.82) is 0 Å². The Balaban J connectivity index is 4.35. The zero-order valence-electron chi connectivity index (χ0n) is 7.92. The molecule has 0 fully saturated rings. The van der Waals surface area contributed by atoms with Crippen LogP contribution in [0.1, 0.15) is 33.6 Å². The number of hydrogen-bond acceptors (Lipinski definition) is 3. The Morgan fingerprint density at radius 2 is 2.08 bits per heavy atom. The first kappa shape index (κ1) is 10.9. The summed E-state index contributed by atoms with van der Waals surface area (Å²) in [6.45, 7) is 5.37. The van der Waals surface area contributed by atoms with Gasteiger partial charge < -0.3 is 5.84 Å². The highest BCUT2D eigenvalue weighted by Gasteiger charge is 2.03. The molecule has 0 spiro atoms. The van der Waals surface area contributed by atoms with Gasteiger partial charge in [0.2, 0.25) is 0 Å². The lowest BCUT2D eigenvalue weighted by atomic mass is 10.1. The Morgan fingerprint density at radius 3 is 2.42 bits per heavy atom. The number of carbonyl (C=O) groups excluding carboxylic acids is 1. The summed E-state index contributed by atoms with van der Waals surface area (Å²) >= 11 is 0. The Bertz CT molecular complexity index is 217. The van der Waals surface area contributed by atoms with Crippen LogP contribution in [-0.2, 0) is 4.79 Å². The lowest BCUT2D eigenvalue weighted by molar-refractivity contribution is -0.113. The first-order valence-electron chi connectivity index (χ1n) is 4.05. The van der Waals surface area contributed by atoms with Crippen LogP contribution in [0.3, 0.4) is 0 Å². The fourth-order valence-corrected chi connectivity index (χ4v) is 0.908. The van der Waals surface area contributed by atoms with E-state index in [9.17, 15) is 4.79 Å². The van der Waals surface area contributed by atoms with Gasteiger partial charge in [-0.15, -0.1) is 0 Å². The maximum absolute atomic E-state index is 11.0. The molecule has 0 unspecified atom stereocenters. The lowest BCUT2D eigenvalue weighted by Gasteiger charge is -2.01. The van der Waals surface area contributed by atoms with E-state index in [4.69, 9.17) is 5.84 Å². The molecule has 0 atom stereocenters. The third-order valence-electron chi connectivity index (χ3n) is 1.57. The molecule has 0 aliphatic rings. The van der Waals surface area contributed by atoms with Crippen LogP contribution >= 0.6 is 0 Å². The highest BCUT2D eigenvalue weighted by molar-refractivity contribution is 5.99. The summed E-state index contributed by atoms with van der Waals surface area (Å²) in [5.41, 5.74) is 1.58. The molecule has 0 saturated carbocycles. The Hall–Kier alpha value is -1.12. The molecule has 0 radical (unpaired) electrons. The normalized spacial score (nSPS) is 13.2. The van der Waals surface area contributed by atoms with E-state index in [1.807, 2.05) is 19.9 Å². The third kappa shape index (κ3) is 3.91. The minimum atomic E-state index is 0.0971. The lowest BCUT2D eigenvalue weighted by Crippen LogP contribution is -2.04. The molecular weight excluding hydrogens is 152 g/mol. The number of Topliss-reactive ketones (excluding diaryl/α,β-unsaturated/α-hetero) is 1. The number of hydrogen-bond donors (Lipinski definition) is 1. The molecule has 0 aromatic heterocycles. The quantitative estimate of drug-likeness (QED) is 0.300. The molecular formula is C9H16N2O. The van der Waals surface area contributed by atoms with Gasteiger partial charge in [0.15, 0.2) is 5.78 Å². The largest absolute Gasteiger partial charge is 0.323 e. The van der Waals surface area contributed by atoms with Crippen molar-refractivity contribution in [2.45, 2.75) is 33.6 Å². The van der Waals surface area contributed by atoms with Crippen molar-refractivity contribution in [3.8, 4) is 0 Å². The smallest absolute Gasteiger partial charge is 0.155 e. The predicted molar refractivity (Wildman–Crippen MR) is 51.0 cm³/mol. The van der Waals surface area contributed by atoms with E-state index in [0.717, 1.165) is 17.7 Å². The predicted octanol–water partition coefficient (Wildman–Crippen LogP) is 1.64. The number of ketones is 1. The van der Waals surface area contributed by atoms with Crippen molar-refractivity contribution in [3.63, 3.8) is 0 Å². The molecule has 2 N–H and O–H groups in total. The molecule has 0 aromatic carbocycles. The molecule has 0 saturated heterocycles. The summed E-state index contributed by atoms with van der Waals surface area (Å²) in [6.07, 6.45) is 3.35. The van der Waals surface area contributed by atoms with Crippen LogP contribution in [0.2, 0.25) is 0 Å². The van der Waals surface area contributed by atoms with Crippen molar-refractivity contribution in [3.05, 3.63) is 11.6 Å². The maximum Gasteiger partial charge on any atom is 0.155 e. The molecule has 0 amide bonds. The zero-order valence-corrected chi connectivity index (χ0v) is 7.92. The summed E-state index contributed by atoms with van der Waals surface area (Å²) in [5.74, 6) is 5.16. The van der Waals surface area contributed by atoms with E-state index < -0.39 is 0 Å². The summed E-state index contributed by atoms with van der Waals surface area (Å²) in [7, 11) is 0. The first-order chi connectivity index (χ1) is 5.61. The van der Waals surface area contributed by atoms with Crippen LogP contribution in [-0.4, -0.2) is 11.5 Å². The summed E-state index contributed by atoms with van der Waals surface area (Å²) in [4.78, 5) is 11.0. The summed E-state index contributed by atoms with van der Waals surface area (Å²) < 4.78 is 0. The molecule has 12 heavy (non-hydrogen) atoms. The van der Waals surface area contributed by atoms with Gasteiger partial charge in [0, 0.05) is 12.1 Å². The van der Waals surface area contributed by atoms with Crippen molar-refractivity contribution in [1.82, 2.24) is 0 Å². The first-order valence-corrected chi connectivity index (χ1v) is 4.05. The average Bonchev–Trinajstić information content (AvgIpc) is 2.03. The topological polar surface area (TPSA) is 55.4 Å². The highest BCUT2D eigenvalue weighted by atomic mass is 16.1. The van der Waals surface area contributed by atoms with Gasteiger partial charge >= 0.3 is 0 Å². The van der Waals surface area contributed by atoms with Crippen LogP contribution in [0.15, 0.2) is 16.8 Å². The van der Waals surface area contributed by atoms with Gasteiger partial charge in [-0.2, -0.15) is 5.10 Å². The van der Waals surface area contributed by atoms with Crippen molar-refractivity contribution < 1.29 is 4.79 Å². The number of carbonyl (C=O) groups is 1. The summed E-state index contributed by atoms with van der Waals surface area (Å²) in [6, 6.07) is 0. The highest BCUT2D eigenvalue weighted by Crippen LogP contribution is 2.05. The summed E-state index contributed by atoms with van der Waals surface area (Å²) in [5, 5.41) is 3.52. The molecule has 68 valence electrons. The third-order valence-corrected chi connectivity index (χ3v) is 1.57. The molecule has 0 aromatic rings. The maximum atomic E-state index is 11.0. The average molecular weight is 168 g/mol. The molecule has 0 bridgehead atoms. The van der Waals surface area contributed by atoms with Crippen molar-refractivity contribution >= 4 is 11.5 Å². The minimum absolute atomic E-state index is 0.0971. The van der Waals surface area contributed by atoms with Gasteiger partial charge in [-0.25, -0.2) is 0 Å². The van der Waals surface area contributed by atoms with E-state index in [2.05, 4.69) is 5.10 Å². The Labute approximate surface area is 73.3 Å². The van der Waals surface area contributed by atoms with Crippen LogP contribution in [0, 0.1) is 0 Å². The van der Waals surface area contributed by atoms with E-state index in [0.29, 0.717) is 6.42 Å². The zero-order chi connectivity index (χ0) is 9.56. The fourth-order valence-electron chi connectivity index (χ4n) is 0.908. The van der Waals surface area contributed by atoms with E-state index in [1.165, 1.54) is 0 Å². The monoisotopic (exact) mass is 168 g/mol. The van der Waals surface area contributed by atoms with Crippen LogP contribution < -0.4 is 5.84 Å². The van der Waals surface area contributed by atoms with Gasteiger partial charge in [0.1, 0.15) is 0 Å². The number of rotatable bonds is 4. The van der Waals surface area contributed by atoms with Gasteiger partial charge in [-0.3, -0.25) is 4.79 Å². The second-order valence-corrected chi connectivity index (χ2v) is 2.73. The molecule has 0 heterocycles. The number of nitrogens with two attached hydrogens (primary N) is 1. The van der Waals surface area contributed by atoms with Crippen molar-refractivity contribution in [2.75, 3.05) is 0 Å². The van der Waals surface area contributed by atoms with Gasteiger partial charge in [-0.05, 0) is 25.8 Å². The van der Waals surface area contributed by atoms with Crippen molar-refractivity contribution in [2.24, 2.45) is 10.9 Å². The number of allylic oxidation sites excluding steroid dienone is 2. The van der Waals surface area contributed by atoms with E-state index >= 15 is 0 Å². The van der Waals surface area contributed by atoms with Crippen LogP contribution in [0.5, 0.6) is 0 Å². The number of hydrazone groups is 1. The number of nitrogens with zero attached hydrogens (tertiary/aromatic N) is 1. The molecule has 0 aliphatic carbocycles. The SMILES string of the molecule is CC/C=C(\C/C(C)=N\N)C(C)=O. The molecule has 0 aliphatic heterocycles. The van der Waals surface area contributed by atoms with Gasteiger partial charge in [-0.1, -0.05) is 13.0 Å². The Morgan fingerprint density at radius 1 is 1.50 bits per heavy atom. The van der Waals surface area contributed by atoms with Crippen LogP contribution in [0.25, 0.3) is 0 Å². The van der Waals surface area contributed by atoms with Crippen LogP contribution in [0.4, 0.5) is 0 Å². The molecule has 3 nitrogen and oxygen atoms in total. The minimum Gasteiger partial charge on any atom is -0.323 e.